The maximum atomic E-state index is 13.0. The van der Waals surface area contributed by atoms with Crippen LogP contribution in [0.1, 0.15) is 22.3 Å². The number of morpholine rings is 1. The maximum Gasteiger partial charge on any atom is 0.255 e. The van der Waals surface area contributed by atoms with Crippen LogP contribution >= 0.6 is 0 Å². The van der Waals surface area contributed by atoms with Crippen LogP contribution in [0.3, 0.4) is 0 Å². The number of likely N-dealkylation sites (tertiary alicyclic amines) is 1. The molecule has 2 amide bonds. The summed E-state index contributed by atoms with van der Waals surface area (Å²) in [6.07, 6.45) is 1.23. The predicted octanol–water partition coefficient (Wildman–Crippen LogP) is 4.16. The van der Waals surface area contributed by atoms with E-state index in [1.807, 2.05) is 60.7 Å². The second-order valence-electron chi connectivity index (χ2n) is 9.02. The second kappa shape index (κ2) is 10.4. The Morgan fingerprint density at radius 3 is 2.46 bits per heavy atom. The monoisotopic (exact) mass is 471 g/mol. The first-order valence-electron chi connectivity index (χ1n) is 11.8. The highest BCUT2D eigenvalue weighted by atomic mass is 16.5. The molecular weight excluding hydrogens is 442 g/mol. The molecule has 2 saturated heterocycles. The molecule has 2 aliphatic heterocycles. The molecule has 2 heterocycles. The lowest BCUT2D eigenvalue weighted by atomic mass is 10.1. The highest BCUT2D eigenvalue weighted by Crippen LogP contribution is 2.28. The van der Waals surface area contributed by atoms with Crippen molar-refractivity contribution in [2.75, 3.05) is 37.4 Å². The Balaban J connectivity index is 1.26. The van der Waals surface area contributed by atoms with Crippen molar-refractivity contribution < 1.29 is 19.1 Å². The minimum Gasteiger partial charge on any atom is -0.380 e. The molecule has 0 aromatic heterocycles. The van der Waals surface area contributed by atoms with E-state index in [4.69, 9.17) is 9.47 Å². The molecule has 7 heteroatoms. The Bertz CT molecular complexity index is 1200. The van der Waals surface area contributed by atoms with Crippen LogP contribution in [0.2, 0.25) is 0 Å². The van der Waals surface area contributed by atoms with Crippen molar-refractivity contribution >= 4 is 23.2 Å². The average molecular weight is 472 g/mol. The van der Waals surface area contributed by atoms with Gasteiger partial charge in [0.2, 0.25) is 5.91 Å². The van der Waals surface area contributed by atoms with E-state index in [0.29, 0.717) is 42.7 Å². The summed E-state index contributed by atoms with van der Waals surface area (Å²) in [6.45, 7) is 2.12. The lowest BCUT2D eigenvalue weighted by Gasteiger charge is -2.26. The molecule has 2 bridgehead atoms. The summed E-state index contributed by atoms with van der Waals surface area (Å²) in [5.74, 6) is -0.352. The quantitative estimate of drug-likeness (QED) is 0.516. The summed E-state index contributed by atoms with van der Waals surface area (Å²) in [6, 6.07) is 23.4. The number of anilines is 2. The maximum absolute atomic E-state index is 13.0. The number of ether oxygens (including phenoxy) is 2. The third-order valence-corrected chi connectivity index (χ3v) is 6.56. The highest BCUT2D eigenvalue weighted by molar-refractivity contribution is 6.05. The molecule has 0 radical (unpaired) electrons. The van der Waals surface area contributed by atoms with E-state index in [2.05, 4.69) is 15.5 Å². The number of carbonyl (C=O) groups excluding carboxylic acids is 2. The predicted molar refractivity (Wildman–Crippen MR) is 135 cm³/mol. The molecule has 2 fully saturated rings. The van der Waals surface area contributed by atoms with Gasteiger partial charge in [0.25, 0.3) is 5.91 Å². The molecule has 2 N–H and O–H groups in total. The zero-order chi connectivity index (χ0) is 24.2. The molecule has 180 valence electrons. The second-order valence-corrected chi connectivity index (χ2v) is 9.02. The Hall–Kier alpha value is -3.52. The summed E-state index contributed by atoms with van der Waals surface area (Å²) in [4.78, 5) is 27.9. The molecule has 0 saturated carbocycles. The van der Waals surface area contributed by atoms with Crippen LogP contribution < -0.4 is 10.6 Å². The molecular formula is C28H29N3O4. The zero-order valence-electron chi connectivity index (χ0n) is 19.7. The number of rotatable bonds is 8. The summed E-state index contributed by atoms with van der Waals surface area (Å²) < 4.78 is 10.9. The fourth-order valence-electron chi connectivity index (χ4n) is 4.74. The van der Waals surface area contributed by atoms with Crippen molar-refractivity contribution in [1.82, 2.24) is 4.90 Å². The fourth-order valence-corrected chi connectivity index (χ4v) is 4.74. The van der Waals surface area contributed by atoms with Crippen molar-refractivity contribution in [2.24, 2.45) is 0 Å². The van der Waals surface area contributed by atoms with Crippen molar-refractivity contribution in [3.8, 4) is 11.1 Å². The first kappa shape index (κ1) is 23.2. The van der Waals surface area contributed by atoms with E-state index in [9.17, 15) is 9.59 Å². The smallest absolute Gasteiger partial charge is 0.255 e. The van der Waals surface area contributed by atoms with Gasteiger partial charge in [-0.1, -0.05) is 48.5 Å². The van der Waals surface area contributed by atoms with Gasteiger partial charge in [0.05, 0.1) is 25.9 Å². The average Bonchev–Trinajstić information content (AvgIpc) is 3.49. The number of hydrogen-bond acceptors (Lipinski definition) is 5. The van der Waals surface area contributed by atoms with E-state index < -0.39 is 0 Å². The lowest BCUT2D eigenvalue weighted by Crippen LogP contribution is -2.41. The molecule has 3 aromatic carbocycles. The third-order valence-electron chi connectivity index (χ3n) is 6.56. The van der Waals surface area contributed by atoms with Crippen LogP contribution in [0.4, 0.5) is 11.4 Å². The van der Waals surface area contributed by atoms with Gasteiger partial charge >= 0.3 is 0 Å². The van der Waals surface area contributed by atoms with Crippen LogP contribution in [0.25, 0.3) is 11.1 Å². The van der Waals surface area contributed by atoms with Crippen LogP contribution in [0.5, 0.6) is 0 Å². The van der Waals surface area contributed by atoms with Gasteiger partial charge in [0.1, 0.15) is 0 Å². The Kier molecular flexibility index (Phi) is 6.90. The number of hydrogen-bond donors (Lipinski definition) is 2. The topological polar surface area (TPSA) is 79.9 Å². The summed E-state index contributed by atoms with van der Waals surface area (Å²) in [7, 11) is 1.60. The molecule has 2 unspecified atom stereocenters. The Labute approximate surface area is 205 Å². The molecule has 35 heavy (non-hydrogen) atoms. The normalized spacial score (nSPS) is 19.0. The van der Waals surface area contributed by atoms with Gasteiger partial charge < -0.3 is 20.1 Å². The zero-order valence-corrected chi connectivity index (χ0v) is 19.7. The number of nitrogens with zero attached hydrogens (tertiary/aromatic N) is 1. The number of nitrogens with one attached hydrogen (secondary N) is 2. The summed E-state index contributed by atoms with van der Waals surface area (Å²) in [5.41, 5.74) is 4.76. The van der Waals surface area contributed by atoms with Crippen LogP contribution in [-0.2, 0) is 20.9 Å². The summed E-state index contributed by atoms with van der Waals surface area (Å²) in [5, 5.41) is 5.93. The standard InChI is InChI=1S/C28H29N3O4/c1-34-17-22-8-7-21(13-26(22)30-27(32)16-31-15-25-14-24(31)18-35-25)28(33)29-23-11-9-20(10-12-23)19-5-3-2-4-6-19/h2-13,24-25H,14-18H2,1H3,(H,29,33)(H,30,32). The molecule has 0 spiro atoms. The number of methoxy groups -OCH3 is 1. The number of carbonyl (C=O) groups is 2. The van der Waals surface area contributed by atoms with E-state index in [1.54, 1.807) is 19.2 Å². The SMILES string of the molecule is COCc1ccc(C(=O)Nc2ccc(-c3ccccc3)cc2)cc1NC(=O)CN1CC2CC1CO2. The molecule has 7 nitrogen and oxygen atoms in total. The minimum absolute atomic E-state index is 0.107. The highest BCUT2D eigenvalue weighted by Gasteiger charge is 2.39. The van der Waals surface area contributed by atoms with Gasteiger partial charge in [-0.2, -0.15) is 0 Å². The van der Waals surface area contributed by atoms with Crippen molar-refractivity contribution in [2.45, 2.75) is 25.2 Å². The van der Waals surface area contributed by atoms with E-state index >= 15 is 0 Å². The van der Waals surface area contributed by atoms with Crippen LogP contribution in [0.15, 0.2) is 72.8 Å². The lowest BCUT2D eigenvalue weighted by molar-refractivity contribution is -0.118. The first-order valence-corrected chi connectivity index (χ1v) is 11.8. The van der Waals surface area contributed by atoms with Gasteiger partial charge in [-0.3, -0.25) is 14.5 Å². The Morgan fingerprint density at radius 2 is 1.77 bits per heavy atom. The van der Waals surface area contributed by atoms with Gasteiger partial charge in [0.15, 0.2) is 0 Å². The number of amides is 2. The number of benzene rings is 3. The van der Waals surface area contributed by atoms with Gasteiger partial charge in [-0.05, 0) is 41.8 Å². The Morgan fingerprint density at radius 1 is 1.00 bits per heavy atom. The van der Waals surface area contributed by atoms with Gasteiger partial charge in [-0.15, -0.1) is 0 Å². The molecule has 0 aliphatic carbocycles. The molecule has 2 aliphatic rings. The first-order chi connectivity index (χ1) is 17.1. The van der Waals surface area contributed by atoms with E-state index in [0.717, 1.165) is 29.7 Å². The molecule has 3 aromatic rings. The fraction of sp³-hybridized carbons (Fsp3) is 0.286. The van der Waals surface area contributed by atoms with Crippen molar-refractivity contribution in [3.05, 3.63) is 83.9 Å². The largest absolute Gasteiger partial charge is 0.380 e. The van der Waals surface area contributed by atoms with E-state index in [1.165, 1.54) is 0 Å². The van der Waals surface area contributed by atoms with Crippen molar-refractivity contribution in [1.29, 1.82) is 0 Å². The molecule has 5 rings (SSSR count). The molecule has 2 atom stereocenters. The van der Waals surface area contributed by atoms with Crippen molar-refractivity contribution in [3.63, 3.8) is 0 Å². The van der Waals surface area contributed by atoms with E-state index in [-0.39, 0.29) is 17.9 Å². The van der Waals surface area contributed by atoms with Crippen LogP contribution in [-0.4, -0.2) is 55.7 Å². The van der Waals surface area contributed by atoms with Gasteiger partial charge in [0, 0.05) is 42.2 Å². The van der Waals surface area contributed by atoms with Gasteiger partial charge in [-0.25, -0.2) is 0 Å². The number of fused-ring (bicyclic) bond motifs is 2. The third kappa shape index (κ3) is 5.43. The summed E-state index contributed by atoms with van der Waals surface area (Å²) >= 11 is 0. The minimum atomic E-state index is -0.245. The van der Waals surface area contributed by atoms with Crippen LogP contribution in [0, 0.1) is 0 Å².